The van der Waals surface area contributed by atoms with Crippen LogP contribution in [0.5, 0.6) is 5.75 Å². The molecule has 1 N–H and O–H groups in total. The summed E-state index contributed by atoms with van der Waals surface area (Å²) in [4.78, 5) is 24.7. The van der Waals surface area contributed by atoms with Gasteiger partial charge in [0.1, 0.15) is 5.75 Å². The van der Waals surface area contributed by atoms with E-state index in [1.165, 1.54) is 11.8 Å². The lowest BCUT2D eigenvalue weighted by Gasteiger charge is -2.20. The van der Waals surface area contributed by atoms with Crippen molar-refractivity contribution in [2.75, 3.05) is 39.2 Å². The monoisotopic (exact) mass is 280 g/mol. The second-order valence-corrected chi connectivity index (χ2v) is 4.21. The van der Waals surface area contributed by atoms with Gasteiger partial charge < -0.3 is 19.7 Å². The molecule has 0 radical (unpaired) electrons. The van der Waals surface area contributed by atoms with Gasteiger partial charge in [-0.05, 0) is 24.3 Å². The lowest BCUT2D eigenvalue weighted by atomic mass is 10.3. The predicted molar refractivity (Wildman–Crippen MR) is 75.8 cm³/mol. The van der Waals surface area contributed by atoms with Gasteiger partial charge >= 0.3 is 0 Å². The van der Waals surface area contributed by atoms with Crippen LogP contribution in [0.2, 0.25) is 0 Å². The molecule has 2 amide bonds. The first-order chi connectivity index (χ1) is 9.56. The molecule has 0 heterocycles. The maximum atomic E-state index is 11.9. The molecule has 0 saturated heterocycles. The third-order valence-electron chi connectivity index (χ3n) is 2.72. The Morgan fingerprint density at radius 1 is 1.20 bits per heavy atom. The average Bonchev–Trinajstić information content (AvgIpc) is 2.44. The Balaban J connectivity index is 2.53. The van der Waals surface area contributed by atoms with Crippen molar-refractivity contribution in [3.05, 3.63) is 24.3 Å². The molecule has 20 heavy (non-hydrogen) atoms. The highest BCUT2D eigenvalue weighted by molar-refractivity contribution is 5.94. The number of anilines is 1. The summed E-state index contributed by atoms with van der Waals surface area (Å²) in [5, 5.41) is 2.73. The van der Waals surface area contributed by atoms with E-state index in [0.717, 1.165) is 0 Å². The molecule has 0 aromatic heterocycles. The molecule has 6 heteroatoms. The molecule has 110 valence electrons. The van der Waals surface area contributed by atoms with Crippen molar-refractivity contribution in [2.45, 2.75) is 6.92 Å². The molecule has 0 aliphatic carbocycles. The number of hydrogen-bond donors (Lipinski definition) is 1. The van der Waals surface area contributed by atoms with Crippen molar-refractivity contribution in [1.29, 1.82) is 0 Å². The van der Waals surface area contributed by atoms with Gasteiger partial charge in [-0.15, -0.1) is 0 Å². The first-order valence-electron chi connectivity index (χ1n) is 6.25. The average molecular weight is 280 g/mol. The largest absolute Gasteiger partial charge is 0.497 e. The van der Waals surface area contributed by atoms with Crippen LogP contribution >= 0.6 is 0 Å². The van der Waals surface area contributed by atoms with Gasteiger partial charge in [0.2, 0.25) is 11.8 Å². The number of carbonyl (C=O) groups excluding carboxylic acids is 2. The van der Waals surface area contributed by atoms with E-state index < -0.39 is 0 Å². The fraction of sp³-hybridized carbons (Fsp3) is 0.429. The zero-order valence-corrected chi connectivity index (χ0v) is 12.0. The van der Waals surface area contributed by atoms with Crippen LogP contribution < -0.4 is 10.1 Å². The number of amides is 2. The summed E-state index contributed by atoms with van der Waals surface area (Å²) < 4.78 is 9.94. The molecule has 1 aromatic rings. The third kappa shape index (κ3) is 5.27. The fourth-order valence-corrected chi connectivity index (χ4v) is 1.60. The van der Waals surface area contributed by atoms with Gasteiger partial charge in [0.25, 0.3) is 0 Å². The number of nitrogens with zero attached hydrogens (tertiary/aromatic N) is 1. The Labute approximate surface area is 118 Å². The maximum Gasteiger partial charge on any atom is 0.243 e. The van der Waals surface area contributed by atoms with Crippen LogP contribution in [0, 0.1) is 0 Å². The van der Waals surface area contributed by atoms with Crippen LogP contribution in [0.4, 0.5) is 5.69 Å². The molecule has 1 aromatic carbocycles. The Kier molecular flexibility index (Phi) is 6.52. The van der Waals surface area contributed by atoms with Gasteiger partial charge in [0.05, 0.1) is 20.3 Å². The van der Waals surface area contributed by atoms with Crippen LogP contribution in [0.1, 0.15) is 6.92 Å². The van der Waals surface area contributed by atoms with Crippen molar-refractivity contribution >= 4 is 17.5 Å². The highest BCUT2D eigenvalue weighted by Crippen LogP contribution is 2.14. The molecular weight excluding hydrogens is 260 g/mol. The second-order valence-electron chi connectivity index (χ2n) is 4.21. The lowest BCUT2D eigenvalue weighted by Crippen LogP contribution is -2.38. The Morgan fingerprint density at radius 2 is 1.85 bits per heavy atom. The summed E-state index contributed by atoms with van der Waals surface area (Å²) in [6.45, 7) is 2.22. The quantitative estimate of drug-likeness (QED) is 0.813. The molecule has 0 aliphatic rings. The normalized spacial score (nSPS) is 9.95. The summed E-state index contributed by atoms with van der Waals surface area (Å²) in [6, 6.07) is 6.99. The second kappa shape index (κ2) is 8.16. The highest BCUT2D eigenvalue weighted by atomic mass is 16.5. The minimum absolute atomic E-state index is 0.00469. The molecule has 0 fully saturated rings. The van der Waals surface area contributed by atoms with Gasteiger partial charge in [-0.2, -0.15) is 0 Å². The molecule has 0 saturated carbocycles. The Morgan fingerprint density at radius 3 is 2.35 bits per heavy atom. The van der Waals surface area contributed by atoms with E-state index in [9.17, 15) is 9.59 Å². The minimum Gasteiger partial charge on any atom is -0.497 e. The summed E-state index contributed by atoms with van der Waals surface area (Å²) >= 11 is 0. The standard InChI is InChI=1S/C14H20N2O4/c1-11(17)16(8-9-19-2)10-14(18)15-12-4-6-13(20-3)7-5-12/h4-7H,8-10H2,1-3H3,(H,15,18). The topological polar surface area (TPSA) is 67.9 Å². The predicted octanol–water partition coefficient (Wildman–Crippen LogP) is 1.13. The molecule has 0 atom stereocenters. The van der Waals surface area contributed by atoms with E-state index in [0.29, 0.717) is 24.6 Å². The lowest BCUT2D eigenvalue weighted by molar-refractivity contribution is -0.133. The van der Waals surface area contributed by atoms with Crippen molar-refractivity contribution in [1.82, 2.24) is 4.90 Å². The van der Waals surface area contributed by atoms with Crippen LogP contribution in [0.3, 0.4) is 0 Å². The van der Waals surface area contributed by atoms with E-state index in [-0.39, 0.29) is 18.4 Å². The van der Waals surface area contributed by atoms with Gasteiger partial charge in [-0.3, -0.25) is 9.59 Å². The van der Waals surface area contributed by atoms with Gasteiger partial charge in [-0.25, -0.2) is 0 Å². The molecule has 6 nitrogen and oxygen atoms in total. The van der Waals surface area contributed by atoms with Crippen LogP contribution in [0.25, 0.3) is 0 Å². The number of rotatable bonds is 7. The molecule has 1 rings (SSSR count). The molecule has 0 spiro atoms. The molecule has 0 unspecified atom stereocenters. The van der Waals surface area contributed by atoms with E-state index in [1.54, 1.807) is 38.5 Å². The fourth-order valence-electron chi connectivity index (χ4n) is 1.60. The van der Waals surface area contributed by atoms with Crippen molar-refractivity contribution in [3.8, 4) is 5.75 Å². The highest BCUT2D eigenvalue weighted by Gasteiger charge is 2.13. The molecule has 0 aliphatic heterocycles. The number of ether oxygens (including phenoxy) is 2. The van der Waals surface area contributed by atoms with Crippen LogP contribution in [0.15, 0.2) is 24.3 Å². The van der Waals surface area contributed by atoms with E-state index in [1.807, 2.05) is 0 Å². The number of nitrogens with one attached hydrogen (secondary N) is 1. The number of benzene rings is 1. The van der Waals surface area contributed by atoms with Crippen molar-refractivity contribution in [2.24, 2.45) is 0 Å². The minimum atomic E-state index is -0.249. The molecular formula is C14H20N2O4. The zero-order valence-electron chi connectivity index (χ0n) is 12.0. The molecule has 0 bridgehead atoms. The van der Waals surface area contributed by atoms with Crippen LogP contribution in [-0.2, 0) is 14.3 Å². The Bertz CT molecular complexity index is 445. The van der Waals surface area contributed by atoms with Gasteiger partial charge in [0, 0.05) is 26.3 Å². The smallest absolute Gasteiger partial charge is 0.243 e. The number of hydrogen-bond acceptors (Lipinski definition) is 4. The van der Waals surface area contributed by atoms with E-state index >= 15 is 0 Å². The first kappa shape index (κ1) is 16.0. The number of carbonyl (C=O) groups is 2. The van der Waals surface area contributed by atoms with E-state index in [2.05, 4.69) is 5.32 Å². The SMILES string of the molecule is COCCN(CC(=O)Nc1ccc(OC)cc1)C(C)=O. The van der Waals surface area contributed by atoms with Crippen molar-refractivity contribution < 1.29 is 19.1 Å². The van der Waals surface area contributed by atoms with Gasteiger partial charge in [0.15, 0.2) is 0 Å². The van der Waals surface area contributed by atoms with Crippen molar-refractivity contribution in [3.63, 3.8) is 0 Å². The summed E-state index contributed by atoms with van der Waals surface area (Å²) in [6.07, 6.45) is 0. The maximum absolute atomic E-state index is 11.9. The third-order valence-corrected chi connectivity index (χ3v) is 2.72. The summed E-state index contributed by atoms with van der Waals surface area (Å²) in [5.74, 6) is 0.307. The first-order valence-corrected chi connectivity index (χ1v) is 6.25. The van der Waals surface area contributed by atoms with Crippen LogP contribution in [-0.4, -0.2) is 50.6 Å². The summed E-state index contributed by atoms with van der Waals surface area (Å²) in [5.41, 5.74) is 0.658. The van der Waals surface area contributed by atoms with Gasteiger partial charge in [-0.1, -0.05) is 0 Å². The zero-order chi connectivity index (χ0) is 15.0. The van der Waals surface area contributed by atoms with E-state index in [4.69, 9.17) is 9.47 Å². The Hall–Kier alpha value is -2.08. The summed E-state index contributed by atoms with van der Waals surface area (Å²) in [7, 11) is 3.13. The number of methoxy groups -OCH3 is 2.